The number of halogens is 3. The van der Waals surface area contributed by atoms with Gasteiger partial charge in [-0.25, -0.2) is 0 Å². The maximum atomic E-state index is 12.9. The molecule has 0 bridgehead atoms. The molecule has 0 aliphatic carbocycles. The van der Waals surface area contributed by atoms with E-state index >= 15 is 0 Å². The molecule has 0 aliphatic heterocycles. The summed E-state index contributed by atoms with van der Waals surface area (Å²) >= 11 is 0. The van der Waals surface area contributed by atoms with Gasteiger partial charge in [0.25, 0.3) is 0 Å². The van der Waals surface area contributed by atoms with Crippen LogP contribution in [0.4, 0.5) is 13.2 Å². The molecule has 0 saturated heterocycles. The highest BCUT2D eigenvalue weighted by molar-refractivity contribution is 6.03. The Hall–Kier alpha value is -2.96. The Morgan fingerprint density at radius 2 is 1.80 bits per heavy atom. The number of Topliss-reactive ketones (excluding diaryl/α,β-unsaturated/α-hetero) is 2. The van der Waals surface area contributed by atoms with Crippen molar-refractivity contribution in [1.29, 1.82) is 0 Å². The van der Waals surface area contributed by atoms with Gasteiger partial charge in [-0.15, -0.1) is 0 Å². The molecule has 0 atom stereocenters. The largest absolute Gasteiger partial charge is 0.418 e. The molecular weight excluding hydrogens is 333 g/mol. The zero-order chi connectivity index (χ0) is 18.0. The summed E-state index contributed by atoms with van der Waals surface area (Å²) in [7, 11) is 0. The summed E-state index contributed by atoms with van der Waals surface area (Å²) < 4.78 is 38.8. The third kappa shape index (κ3) is 3.60. The Morgan fingerprint density at radius 1 is 1.04 bits per heavy atom. The Morgan fingerprint density at radius 3 is 2.56 bits per heavy atom. The second-order valence-electron chi connectivity index (χ2n) is 5.52. The fourth-order valence-electron chi connectivity index (χ4n) is 2.57. The molecule has 0 saturated carbocycles. The number of aromatic amines is 1. The standard InChI is InChI=1S/C18H13F3N2O2/c19-18(20,21)13-2-1-8-23-17(13)16(25)6-5-15(24)12-3-4-14-11(10-12)7-9-22-14/h1-4,7-10,22H,5-6H2. The van der Waals surface area contributed by atoms with Gasteiger partial charge < -0.3 is 4.98 Å². The number of H-pyrrole nitrogens is 1. The number of benzene rings is 1. The molecule has 0 unspecified atom stereocenters. The van der Waals surface area contributed by atoms with Gasteiger partial charge in [0.1, 0.15) is 5.69 Å². The van der Waals surface area contributed by atoms with Crippen LogP contribution in [-0.4, -0.2) is 21.5 Å². The number of nitrogens with one attached hydrogen (secondary N) is 1. The van der Waals surface area contributed by atoms with E-state index in [1.54, 1.807) is 30.5 Å². The molecule has 0 amide bonds. The number of ketones is 2. The molecule has 0 spiro atoms. The molecule has 3 aromatic rings. The van der Waals surface area contributed by atoms with Crippen LogP contribution in [0.15, 0.2) is 48.8 Å². The predicted octanol–water partition coefficient (Wildman–Crippen LogP) is 4.43. The number of aromatic nitrogens is 2. The van der Waals surface area contributed by atoms with Crippen LogP contribution in [0.2, 0.25) is 0 Å². The minimum atomic E-state index is -4.66. The van der Waals surface area contributed by atoms with Gasteiger partial charge >= 0.3 is 6.18 Å². The molecular formula is C18H13F3N2O2. The normalized spacial score (nSPS) is 11.6. The average Bonchev–Trinajstić information content (AvgIpc) is 3.06. The summed E-state index contributed by atoms with van der Waals surface area (Å²) in [6.07, 6.45) is -2.30. The third-order valence-corrected chi connectivity index (χ3v) is 3.83. The number of fused-ring (bicyclic) bond motifs is 1. The first-order chi connectivity index (χ1) is 11.9. The van der Waals surface area contributed by atoms with Gasteiger partial charge in [-0.1, -0.05) is 0 Å². The summed E-state index contributed by atoms with van der Waals surface area (Å²) in [5.74, 6) is -1.11. The summed E-state index contributed by atoms with van der Waals surface area (Å²) in [5, 5.41) is 0.848. The Labute approximate surface area is 140 Å². The fourth-order valence-corrected chi connectivity index (χ4v) is 2.57. The third-order valence-electron chi connectivity index (χ3n) is 3.83. The van der Waals surface area contributed by atoms with Gasteiger partial charge in [0.2, 0.25) is 0 Å². The van der Waals surface area contributed by atoms with Crippen molar-refractivity contribution in [2.75, 3.05) is 0 Å². The molecule has 128 valence electrons. The molecule has 1 aromatic carbocycles. The van der Waals surface area contributed by atoms with Crippen LogP contribution in [0.25, 0.3) is 10.9 Å². The minimum absolute atomic E-state index is 0.178. The topological polar surface area (TPSA) is 62.8 Å². The summed E-state index contributed by atoms with van der Waals surface area (Å²) in [6.45, 7) is 0. The molecule has 2 heterocycles. The number of carbonyl (C=O) groups excluding carboxylic acids is 2. The lowest BCUT2D eigenvalue weighted by molar-refractivity contribution is -0.138. The smallest absolute Gasteiger partial charge is 0.361 e. The number of alkyl halides is 3. The van der Waals surface area contributed by atoms with Gasteiger partial charge in [0, 0.05) is 41.7 Å². The number of pyridine rings is 1. The average molecular weight is 346 g/mol. The number of hydrogen-bond acceptors (Lipinski definition) is 3. The quantitative estimate of drug-likeness (QED) is 0.695. The van der Waals surface area contributed by atoms with E-state index in [0.29, 0.717) is 5.56 Å². The second-order valence-corrected chi connectivity index (χ2v) is 5.52. The molecule has 0 aliphatic rings. The van der Waals surface area contributed by atoms with E-state index in [-0.39, 0.29) is 18.6 Å². The molecule has 0 radical (unpaired) electrons. The van der Waals surface area contributed by atoms with Gasteiger partial charge in [-0.3, -0.25) is 14.6 Å². The van der Waals surface area contributed by atoms with Crippen LogP contribution >= 0.6 is 0 Å². The van der Waals surface area contributed by atoms with Gasteiger partial charge in [-0.05, 0) is 36.4 Å². The summed E-state index contributed by atoms with van der Waals surface area (Å²) in [4.78, 5) is 30.9. The molecule has 3 rings (SSSR count). The van der Waals surface area contributed by atoms with Crippen molar-refractivity contribution in [2.45, 2.75) is 19.0 Å². The van der Waals surface area contributed by atoms with E-state index in [1.807, 2.05) is 0 Å². The van der Waals surface area contributed by atoms with Gasteiger partial charge in [0.15, 0.2) is 11.6 Å². The first kappa shape index (κ1) is 16.9. The number of nitrogens with zero attached hydrogens (tertiary/aromatic N) is 1. The molecule has 0 fully saturated rings. The Bertz CT molecular complexity index is 945. The zero-order valence-electron chi connectivity index (χ0n) is 12.9. The molecule has 2 aromatic heterocycles. The number of hydrogen-bond donors (Lipinski definition) is 1. The van der Waals surface area contributed by atoms with Crippen molar-refractivity contribution >= 4 is 22.5 Å². The SMILES string of the molecule is O=C(CCC(=O)c1ncccc1C(F)(F)F)c1ccc2[nH]ccc2c1. The molecule has 25 heavy (non-hydrogen) atoms. The lowest BCUT2D eigenvalue weighted by Gasteiger charge is -2.10. The van der Waals surface area contributed by atoms with Crippen molar-refractivity contribution in [2.24, 2.45) is 0 Å². The van der Waals surface area contributed by atoms with Crippen molar-refractivity contribution in [3.05, 3.63) is 65.6 Å². The van der Waals surface area contributed by atoms with Crippen molar-refractivity contribution in [3.8, 4) is 0 Å². The van der Waals surface area contributed by atoms with Crippen LogP contribution in [0, 0.1) is 0 Å². The maximum Gasteiger partial charge on any atom is 0.418 e. The van der Waals surface area contributed by atoms with Crippen molar-refractivity contribution in [3.63, 3.8) is 0 Å². The first-order valence-corrected chi connectivity index (χ1v) is 7.52. The van der Waals surface area contributed by atoms with Gasteiger partial charge in [0.05, 0.1) is 5.56 Å². The Kier molecular flexibility index (Phi) is 4.39. The van der Waals surface area contributed by atoms with E-state index < -0.39 is 23.2 Å². The van der Waals surface area contributed by atoms with Crippen LogP contribution < -0.4 is 0 Å². The first-order valence-electron chi connectivity index (χ1n) is 7.52. The van der Waals surface area contributed by atoms with Crippen molar-refractivity contribution in [1.82, 2.24) is 9.97 Å². The van der Waals surface area contributed by atoms with Crippen LogP contribution in [0.1, 0.15) is 39.3 Å². The van der Waals surface area contributed by atoms with Crippen LogP contribution in [-0.2, 0) is 6.18 Å². The summed E-state index contributed by atoms with van der Waals surface area (Å²) in [5.41, 5.74) is -0.446. The van der Waals surface area contributed by atoms with E-state index in [1.165, 1.54) is 0 Å². The lowest BCUT2D eigenvalue weighted by Crippen LogP contribution is -2.15. The Balaban J connectivity index is 1.73. The summed E-state index contributed by atoms with van der Waals surface area (Å²) in [6, 6.07) is 8.78. The fraction of sp³-hybridized carbons (Fsp3) is 0.167. The van der Waals surface area contributed by atoms with E-state index in [9.17, 15) is 22.8 Å². The van der Waals surface area contributed by atoms with Gasteiger partial charge in [-0.2, -0.15) is 13.2 Å². The van der Waals surface area contributed by atoms with Crippen LogP contribution in [0.5, 0.6) is 0 Å². The molecule has 1 N–H and O–H groups in total. The highest BCUT2D eigenvalue weighted by Gasteiger charge is 2.35. The zero-order valence-corrected chi connectivity index (χ0v) is 12.9. The lowest BCUT2D eigenvalue weighted by atomic mass is 10.0. The van der Waals surface area contributed by atoms with E-state index in [0.717, 1.165) is 29.2 Å². The maximum absolute atomic E-state index is 12.9. The monoisotopic (exact) mass is 346 g/mol. The molecule has 4 nitrogen and oxygen atoms in total. The van der Waals surface area contributed by atoms with Crippen molar-refractivity contribution < 1.29 is 22.8 Å². The highest BCUT2D eigenvalue weighted by atomic mass is 19.4. The van der Waals surface area contributed by atoms with E-state index in [4.69, 9.17) is 0 Å². The molecule has 7 heteroatoms. The highest BCUT2D eigenvalue weighted by Crippen LogP contribution is 2.31. The minimum Gasteiger partial charge on any atom is -0.361 e. The number of rotatable bonds is 5. The predicted molar refractivity (Wildman–Crippen MR) is 85.4 cm³/mol. The van der Waals surface area contributed by atoms with Crippen LogP contribution in [0.3, 0.4) is 0 Å². The second kappa shape index (κ2) is 6.51. The van der Waals surface area contributed by atoms with E-state index in [2.05, 4.69) is 9.97 Å². The number of carbonyl (C=O) groups is 2.